The molecular formula is C29H28F5N3O5S. The molecule has 1 N–H and O–H groups in total. The van der Waals surface area contributed by atoms with Crippen molar-refractivity contribution in [3.63, 3.8) is 0 Å². The van der Waals surface area contributed by atoms with Gasteiger partial charge in [0.1, 0.15) is 22.7 Å². The number of amides is 2. The highest BCUT2D eigenvalue weighted by Gasteiger charge is 2.70. The van der Waals surface area contributed by atoms with Crippen molar-refractivity contribution in [1.29, 1.82) is 5.26 Å². The summed E-state index contributed by atoms with van der Waals surface area (Å²) in [5.74, 6) is -4.45. The van der Waals surface area contributed by atoms with Crippen molar-refractivity contribution >= 4 is 21.7 Å². The minimum absolute atomic E-state index is 0.0414. The Hall–Kier alpha value is -3.73. The van der Waals surface area contributed by atoms with Gasteiger partial charge in [-0.3, -0.25) is 9.59 Å². The average molecular weight is 626 g/mol. The smallest absolute Gasteiger partial charge is 0.403 e. The quantitative estimate of drug-likeness (QED) is 0.429. The number of aryl methyl sites for hydroxylation is 1. The van der Waals surface area contributed by atoms with E-state index in [-0.39, 0.29) is 28.4 Å². The number of sulfone groups is 1. The first kappa shape index (κ1) is 30.7. The van der Waals surface area contributed by atoms with Crippen molar-refractivity contribution in [2.45, 2.75) is 73.9 Å². The van der Waals surface area contributed by atoms with Crippen LogP contribution < -0.4 is 10.1 Å². The number of benzene rings is 2. The molecule has 0 aromatic heterocycles. The molecule has 1 aliphatic heterocycles. The van der Waals surface area contributed by atoms with E-state index in [1.165, 1.54) is 25.1 Å². The maximum atomic E-state index is 14.1. The van der Waals surface area contributed by atoms with Gasteiger partial charge < -0.3 is 15.0 Å². The van der Waals surface area contributed by atoms with Gasteiger partial charge in [-0.1, -0.05) is 12.1 Å². The fourth-order valence-electron chi connectivity index (χ4n) is 5.57. The van der Waals surface area contributed by atoms with Gasteiger partial charge >= 0.3 is 6.18 Å². The van der Waals surface area contributed by atoms with Crippen LogP contribution in [0.5, 0.6) is 5.75 Å². The predicted molar refractivity (Wildman–Crippen MR) is 142 cm³/mol. The van der Waals surface area contributed by atoms with Gasteiger partial charge in [0.15, 0.2) is 21.5 Å². The van der Waals surface area contributed by atoms with Crippen LogP contribution in [0.15, 0.2) is 35.2 Å². The molecule has 230 valence electrons. The summed E-state index contributed by atoms with van der Waals surface area (Å²) in [6.45, 7) is 2.63. The van der Waals surface area contributed by atoms with Gasteiger partial charge in [-0.15, -0.1) is 0 Å². The average Bonchev–Trinajstić information content (AvgIpc) is 3.86. The van der Waals surface area contributed by atoms with E-state index in [9.17, 15) is 45.2 Å². The molecule has 14 heteroatoms. The molecule has 0 spiro atoms. The van der Waals surface area contributed by atoms with Gasteiger partial charge in [0.2, 0.25) is 11.8 Å². The van der Waals surface area contributed by atoms with Crippen LogP contribution in [0, 0.1) is 35.3 Å². The summed E-state index contributed by atoms with van der Waals surface area (Å²) in [6, 6.07) is 6.26. The molecule has 2 saturated carbocycles. The maximum absolute atomic E-state index is 14.1. The summed E-state index contributed by atoms with van der Waals surface area (Å²) in [6.07, 6.45) is -5.60. The zero-order valence-corrected chi connectivity index (χ0v) is 24.0. The van der Waals surface area contributed by atoms with Gasteiger partial charge in [-0.05, 0) is 69.2 Å². The van der Waals surface area contributed by atoms with Gasteiger partial charge in [-0.25, -0.2) is 17.2 Å². The number of nitrogens with one attached hydrogen (secondary N) is 1. The topological polar surface area (TPSA) is 117 Å². The number of nitriles is 1. The lowest BCUT2D eigenvalue weighted by Gasteiger charge is -2.29. The monoisotopic (exact) mass is 625 g/mol. The first-order chi connectivity index (χ1) is 20.1. The van der Waals surface area contributed by atoms with Crippen LogP contribution in [0.4, 0.5) is 22.0 Å². The third-order valence-corrected chi connectivity index (χ3v) is 10.7. The normalized spacial score (nSPS) is 22.0. The molecule has 2 aromatic carbocycles. The van der Waals surface area contributed by atoms with Crippen LogP contribution in [-0.2, 0) is 19.4 Å². The number of hydrogen-bond acceptors (Lipinski definition) is 6. The first-order valence-electron chi connectivity index (χ1n) is 13.7. The van der Waals surface area contributed by atoms with E-state index in [4.69, 9.17) is 4.74 Å². The van der Waals surface area contributed by atoms with Gasteiger partial charge in [0, 0.05) is 18.2 Å². The van der Waals surface area contributed by atoms with E-state index in [2.05, 4.69) is 5.32 Å². The Morgan fingerprint density at radius 1 is 1.12 bits per heavy atom. The van der Waals surface area contributed by atoms with Crippen LogP contribution in [0.25, 0.3) is 11.1 Å². The first-order valence-corrected chi connectivity index (χ1v) is 15.2. The number of rotatable bonds is 8. The number of nitrogens with zero attached hydrogens (tertiary/aromatic N) is 2. The Morgan fingerprint density at radius 2 is 1.77 bits per heavy atom. The van der Waals surface area contributed by atoms with Crippen molar-refractivity contribution in [3.05, 3.63) is 47.5 Å². The summed E-state index contributed by atoms with van der Waals surface area (Å²) in [5, 5.41) is 10.4. The van der Waals surface area contributed by atoms with E-state index < -0.39 is 87.5 Å². The third kappa shape index (κ3) is 5.32. The zero-order chi connectivity index (χ0) is 31.5. The lowest BCUT2D eigenvalue weighted by atomic mass is 10.0. The molecule has 2 aromatic rings. The number of halogens is 5. The molecule has 5 rings (SSSR count). The number of likely N-dealkylation sites (tertiary alicyclic amines) is 1. The number of carbonyl (C=O) groups excluding carboxylic acids is 2. The second kappa shape index (κ2) is 10.5. The molecule has 0 unspecified atom stereocenters. The molecule has 0 radical (unpaired) electrons. The van der Waals surface area contributed by atoms with Crippen LogP contribution in [-0.4, -0.2) is 61.3 Å². The molecular weight excluding hydrogens is 597 g/mol. The fraction of sp³-hybridized carbons (Fsp3) is 0.483. The zero-order valence-electron chi connectivity index (χ0n) is 23.2. The number of alkyl halides is 3. The minimum Gasteiger partial charge on any atom is -0.493 e. The summed E-state index contributed by atoms with van der Waals surface area (Å²) in [4.78, 5) is 26.9. The van der Waals surface area contributed by atoms with E-state index >= 15 is 0 Å². The molecule has 2 atom stereocenters. The summed E-state index contributed by atoms with van der Waals surface area (Å²) in [5.41, 5.74) is -3.15. The Morgan fingerprint density at radius 3 is 2.30 bits per heavy atom. The van der Waals surface area contributed by atoms with Crippen molar-refractivity contribution in [2.24, 2.45) is 5.41 Å². The molecule has 3 aliphatic rings. The lowest BCUT2D eigenvalue weighted by Crippen LogP contribution is -2.53. The molecule has 2 aliphatic carbocycles. The Bertz CT molecular complexity index is 1640. The summed E-state index contributed by atoms with van der Waals surface area (Å²) < 4.78 is 103. The standard InChI is InChI=1S/C29H28F5N3O5S/c1-3-42-23-13-21(31)20(30)12-19(23)17-4-5-24(16(2)10-17)43(40,41)18-11-22(25(38)36-27(15-35)6-7-27)37(14-18)26(39)28(8-9-28)29(32,33)34/h4-5,10,12-13,18,22H,3,6-9,11,14H2,1-2H3,(H,36,38)/t18-,22+/m1/s1. The Balaban J connectivity index is 1.47. The highest BCUT2D eigenvalue weighted by Crippen LogP contribution is 2.59. The van der Waals surface area contributed by atoms with Crippen LogP contribution >= 0.6 is 0 Å². The third-order valence-electron chi connectivity index (χ3n) is 8.41. The Labute approximate surface area is 244 Å². The summed E-state index contributed by atoms with van der Waals surface area (Å²) in [7, 11) is -4.32. The van der Waals surface area contributed by atoms with Gasteiger partial charge in [0.05, 0.1) is 22.8 Å². The molecule has 8 nitrogen and oxygen atoms in total. The molecule has 1 saturated heterocycles. The number of hydrogen-bond donors (Lipinski definition) is 1. The largest absolute Gasteiger partial charge is 0.493 e. The lowest BCUT2D eigenvalue weighted by molar-refractivity contribution is -0.199. The van der Waals surface area contributed by atoms with Gasteiger partial charge in [0.25, 0.3) is 0 Å². The minimum atomic E-state index is -4.88. The second-order valence-electron chi connectivity index (χ2n) is 11.3. The van der Waals surface area contributed by atoms with Crippen molar-refractivity contribution < 1.29 is 44.7 Å². The SMILES string of the molecule is CCOc1cc(F)c(F)cc1-c1ccc(S(=O)(=O)[C@@H]2C[C@@H](C(=O)NC3(C#N)CC3)N(C(=O)C3(C(F)(F)F)CC3)C2)c(C)c1. The molecule has 3 fully saturated rings. The van der Waals surface area contributed by atoms with Crippen LogP contribution in [0.3, 0.4) is 0 Å². The molecule has 2 amide bonds. The molecule has 43 heavy (non-hydrogen) atoms. The van der Waals surface area contributed by atoms with Crippen LogP contribution in [0.1, 0.15) is 44.6 Å². The maximum Gasteiger partial charge on any atom is 0.403 e. The van der Waals surface area contributed by atoms with Crippen molar-refractivity contribution in [3.8, 4) is 22.9 Å². The predicted octanol–water partition coefficient (Wildman–Crippen LogP) is 4.60. The highest BCUT2D eigenvalue weighted by molar-refractivity contribution is 7.92. The van der Waals surface area contributed by atoms with E-state index in [1.807, 2.05) is 6.07 Å². The fourth-order valence-corrected chi connectivity index (χ4v) is 7.48. The van der Waals surface area contributed by atoms with Gasteiger partial charge in [-0.2, -0.15) is 18.4 Å². The van der Waals surface area contributed by atoms with E-state index in [0.29, 0.717) is 23.3 Å². The molecule has 1 heterocycles. The van der Waals surface area contributed by atoms with E-state index in [0.717, 1.165) is 12.1 Å². The van der Waals surface area contributed by atoms with Crippen molar-refractivity contribution in [1.82, 2.24) is 10.2 Å². The highest BCUT2D eigenvalue weighted by atomic mass is 32.2. The number of carbonyl (C=O) groups is 2. The van der Waals surface area contributed by atoms with Crippen LogP contribution in [0.2, 0.25) is 0 Å². The molecule has 0 bridgehead atoms. The van der Waals surface area contributed by atoms with E-state index in [1.54, 1.807) is 6.92 Å². The number of ether oxygens (including phenoxy) is 1. The van der Waals surface area contributed by atoms with Crippen molar-refractivity contribution in [2.75, 3.05) is 13.2 Å². The Kier molecular flexibility index (Phi) is 7.48. The second-order valence-corrected chi connectivity index (χ2v) is 13.5. The summed E-state index contributed by atoms with van der Waals surface area (Å²) >= 11 is 0.